The van der Waals surface area contributed by atoms with Crippen molar-refractivity contribution >= 4 is 11.6 Å². The first-order valence-corrected chi connectivity index (χ1v) is 7.02. The van der Waals surface area contributed by atoms with Gasteiger partial charge in [-0.2, -0.15) is 0 Å². The zero-order valence-electron chi connectivity index (χ0n) is 11.7. The van der Waals surface area contributed by atoms with Crippen LogP contribution in [-0.4, -0.2) is 23.1 Å². The van der Waals surface area contributed by atoms with Crippen LogP contribution in [0, 0.1) is 12.8 Å². The SMILES string of the molecule is CCC1CCCCC1Nc1ncnc(NC)c1C. The van der Waals surface area contributed by atoms with Gasteiger partial charge in [-0.3, -0.25) is 0 Å². The van der Waals surface area contributed by atoms with Crippen LogP contribution in [0.1, 0.15) is 44.6 Å². The van der Waals surface area contributed by atoms with Crippen molar-refractivity contribution < 1.29 is 0 Å². The van der Waals surface area contributed by atoms with Crippen molar-refractivity contribution in [1.82, 2.24) is 9.97 Å². The minimum absolute atomic E-state index is 0.571. The van der Waals surface area contributed by atoms with Gasteiger partial charge in [0.05, 0.1) is 0 Å². The third kappa shape index (κ3) is 2.74. The van der Waals surface area contributed by atoms with Crippen LogP contribution < -0.4 is 10.6 Å². The summed E-state index contributed by atoms with van der Waals surface area (Å²) in [7, 11) is 1.90. The largest absolute Gasteiger partial charge is 0.373 e. The molecule has 100 valence electrons. The molecule has 2 N–H and O–H groups in total. The van der Waals surface area contributed by atoms with Crippen molar-refractivity contribution in [2.24, 2.45) is 5.92 Å². The van der Waals surface area contributed by atoms with E-state index in [1.165, 1.54) is 32.1 Å². The quantitative estimate of drug-likeness (QED) is 0.859. The van der Waals surface area contributed by atoms with Crippen molar-refractivity contribution in [1.29, 1.82) is 0 Å². The molecule has 1 saturated carbocycles. The molecule has 18 heavy (non-hydrogen) atoms. The third-order valence-corrected chi connectivity index (χ3v) is 4.08. The van der Waals surface area contributed by atoms with E-state index in [-0.39, 0.29) is 0 Å². The highest BCUT2D eigenvalue weighted by atomic mass is 15.1. The molecular weight excluding hydrogens is 224 g/mol. The highest BCUT2D eigenvalue weighted by molar-refractivity contribution is 5.56. The number of rotatable bonds is 4. The summed E-state index contributed by atoms with van der Waals surface area (Å²) in [5.41, 5.74) is 1.11. The first-order valence-electron chi connectivity index (χ1n) is 7.02. The average molecular weight is 248 g/mol. The molecule has 1 aliphatic carbocycles. The van der Waals surface area contributed by atoms with Gasteiger partial charge >= 0.3 is 0 Å². The number of nitrogens with one attached hydrogen (secondary N) is 2. The summed E-state index contributed by atoms with van der Waals surface area (Å²) in [6.45, 7) is 4.36. The molecule has 4 heteroatoms. The monoisotopic (exact) mass is 248 g/mol. The minimum Gasteiger partial charge on any atom is -0.373 e. The maximum absolute atomic E-state index is 4.39. The summed E-state index contributed by atoms with van der Waals surface area (Å²) in [5, 5.41) is 6.74. The van der Waals surface area contributed by atoms with Crippen LogP contribution in [0.3, 0.4) is 0 Å². The lowest BCUT2D eigenvalue weighted by Gasteiger charge is -2.32. The van der Waals surface area contributed by atoms with Gasteiger partial charge in [-0.1, -0.05) is 26.2 Å². The molecule has 0 aliphatic heterocycles. The minimum atomic E-state index is 0.571. The summed E-state index contributed by atoms with van der Waals surface area (Å²) in [6.07, 6.45) is 8.19. The van der Waals surface area contributed by atoms with E-state index in [4.69, 9.17) is 0 Å². The molecule has 0 saturated heterocycles. The van der Waals surface area contributed by atoms with E-state index in [2.05, 4.69) is 34.4 Å². The fourth-order valence-corrected chi connectivity index (χ4v) is 2.91. The highest BCUT2D eigenvalue weighted by Crippen LogP contribution is 2.30. The van der Waals surface area contributed by atoms with Crippen LogP contribution in [-0.2, 0) is 0 Å². The maximum atomic E-state index is 4.39. The Morgan fingerprint density at radius 1 is 1.22 bits per heavy atom. The molecule has 1 aliphatic rings. The molecule has 2 unspecified atom stereocenters. The maximum Gasteiger partial charge on any atom is 0.134 e. The summed E-state index contributed by atoms with van der Waals surface area (Å²) < 4.78 is 0. The van der Waals surface area contributed by atoms with Crippen LogP contribution in [0.25, 0.3) is 0 Å². The van der Waals surface area contributed by atoms with Gasteiger partial charge in [0.1, 0.15) is 18.0 Å². The van der Waals surface area contributed by atoms with Crippen LogP contribution in [0.4, 0.5) is 11.6 Å². The highest BCUT2D eigenvalue weighted by Gasteiger charge is 2.24. The molecule has 1 heterocycles. The smallest absolute Gasteiger partial charge is 0.134 e. The molecule has 0 bridgehead atoms. The van der Waals surface area contributed by atoms with Crippen molar-refractivity contribution in [2.75, 3.05) is 17.7 Å². The second-order valence-corrected chi connectivity index (χ2v) is 5.15. The third-order valence-electron chi connectivity index (χ3n) is 4.08. The van der Waals surface area contributed by atoms with E-state index in [1.54, 1.807) is 6.33 Å². The van der Waals surface area contributed by atoms with E-state index < -0.39 is 0 Å². The van der Waals surface area contributed by atoms with Crippen LogP contribution >= 0.6 is 0 Å². The molecule has 1 fully saturated rings. The number of nitrogens with zero attached hydrogens (tertiary/aromatic N) is 2. The predicted octanol–water partition coefficient (Wildman–Crippen LogP) is 3.21. The van der Waals surface area contributed by atoms with E-state index >= 15 is 0 Å². The van der Waals surface area contributed by atoms with Crippen LogP contribution in [0.2, 0.25) is 0 Å². The predicted molar refractivity (Wildman–Crippen MR) is 76.0 cm³/mol. The molecule has 1 aromatic heterocycles. The van der Waals surface area contributed by atoms with Crippen LogP contribution in [0.5, 0.6) is 0 Å². The Morgan fingerprint density at radius 3 is 2.67 bits per heavy atom. The summed E-state index contributed by atoms with van der Waals surface area (Å²) in [5.74, 6) is 2.68. The summed E-state index contributed by atoms with van der Waals surface area (Å²) >= 11 is 0. The second-order valence-electron chi connectivity index (χ2n) is 5.15. The zero-order chi connectivity index (χ0) is 13.0. The summed E-state index contributed by atoms with van der Waals surface area (Å²) in [4.78, 5) is 8.61. The van der Waals surface area contributed by atoms with Gasteiger partial charge in [-0.05, 0) is 25.7 Å². The molecule has 0 spiro atoms. The zero-order valence-corrected chi connectivity index (χ0v) is 11.7. The Bertz CT molecular complexity index is 391. The molecule has 2 rings (SSSR count). The van der Waals surface area contributed by atoms with Crippen molar-refractivity contribution in [3.8, 4) is 0 Å². The first kappa shape index (κ1) is 13.1. The van der Waals surface area contributed by atoms with Gasteiger partial charge in [0.25, 0.3) is 0 Å². The number of anilines is 2. The van der Waals surface area contributed by atoms with Gasteiger partial charge in [0.2, 0.25) is 0 Å². The standard InChI is InChI=1S/C14H24N4/c1-4-11-7-5-6-8-12(11)18-14-10(2)13(15-3)16-9-17-14/h9,11-12H,4-8H2,1-3H3,(H2,15,16,17,18). The molecule has 0 aromatic carbocycles. The Hall–Kier alpha value is -1.32. The molecule has 4 nitrogen and oxygen atoms in total. The molecule has 2 atom stereocenters. The lowest BCUT2D eigenvalue weighted by atomic mass is 9.83. The first-order chi connectivity index (χ1) is 8.76. The number of aromatic nitrogens is 2. The van der Waals surface area contributed by atoms with Gasteiger partial charge in [0.15, 0.2) is 0 Å². The van der Waals surface area contributed by atoms with Gasteiger partial charge in [-0.25, -0.2) is 9.97 Å². The Morgan fingerprint density at radius 2 is 1.94 bits per heavy atom. The lowest BCUT2D eigenvalue weighted by molar-refractivity contribution is 0.316. The van der Waals surface area contributed by atoms with Crippen LogP contribution in [0.15, 0.2) is 6.33 Å². The summed E-state index contributed by atoms with van der Waals surface area (Å²) in [6, 6.07) is 0.571. The average Bonchev–Trinajstić information content (AvgIpc) is 2.42. The van der Waals surface area contributed by atoms with E-state index in [0.717, 1.165) is 23.1 Å². The van der Waals surface area contributed by atoms with E-state index in [9.17, 15) is 0 Å². The molecule has 0 radical (unpaired) electrons. The van der Waals surface area contributed by atoms with Crippen molar-refractivity contribution in [3.63, 3.8) is 0 Å². The van der Waals surface area contributed by atoms with Gasteiger partial charge < -0.3 is 10.6 Å². The second kappa shape index (κ2) is 6.03. The fraction of sp³-hybridized carbons (Fsp3) is 0.714. The van der Waals surface area contributed by atoms with E-state index in [0.29, 0.717) is 6.04 Å². The Kier molecular flexibility index (Phi) is 4.39. The van der Waals surface area contributed by atoms with Gasteiger partial charge in [0, 0.05) is 18.7 Å². The molecule has 1 aromatic rings. The Labute approximate surface area is 110 Å². The normalized spacial score (nSPS) is 23.7. The van der Waals surface area contributed by atoms with E-state index in [1.807, 2.05) is 7.05 Å². The molecule has 0 amide bonds. The number of hydrogen-bond acceptors (Lipinski definition) is 4. The topological polar surface area (TPSA) is 49.8 Å². The number of hydrogen-bond donors (Lipinski definition) is 2. The fourth-order valence-electron chi connectivity index (χ4n) is 2.91. The lowest BCUT2D eigenvalue weighted by Crippen LogP contribution is -2.32. The van der Waals surface area contributed by atoms with Crippen molar-refractivity contribution in [3.05, 3.63) is 11.9 Å². The van der Waals surface area contributed by atoms with Gasteiger partial charge in [-0.15, -0.1) is 0 Å². The van der Waals surface area contributed by atoms with Crippen molar-refractivity contribution in [2.45, 2.75) is 52.0 Å². The Balaban J connectivity index is 2.12. The molecular formula is C14H24N4.